The Morgan fingerprint density at radius 2 is 2.03 bits per heavy atom. The van der Waals surface area contributed by atoms with Crippen LogP contribution < -0.4 is 15.0 Å². The van der Waals surface area contributed by atoms with Crippen LogP contribution >= 0.6 is 0 Å². The summed E-state index contributed by atoms with van der Waals surface area (Å²) in [5.74, 6) is -1.55. The zero-order chi connectivity index (χ0) is 22.0. The molecule has 30 heavy (non-hydrogen) atoms. The van der Waals surface area contributed by atoms with E-state index in [0.29, 0.717) is 11.4 Å². The van der Waals surface area contributed by atoms with Gasteiger partial charge in [-0.15, -0.1) is 0 Å². The molecule has 0 bridgehead atoms. The van der Waals surface area contributed by atoms with E-state index in [1.54, 1.807) is 6.07 Å². The zero-order valence-electron chi connectivity index (χ0n) is 17.1. The Hall–Kier alpha value is -3.80. The van der Waals surface area contributed by atoms with Gasteiger partial charge in [0.15, 0.2) is 0 Å². The maximum Gasteiger partial charge on any atom is 0.342 e. The van der Waals surface area contributed by atoms with Crippen molar-refractivity contribution in [1.29, 1.82) is 5.26 Å². The van der Waals surface area contributed by atoms with Crippen molar-refractivity contribution in [3.63, 3.8) is 0 Å². The van der Waals surface area contributed by atoms with Crippen molar-refractivity contribution in [2.45, 2.75) is 20.3 Å². The van der Waals surface area contributed by atoms with E-state index in [1.165, 1.54) is 26.0 Å². The second-order valence-electron chi connectivity index (χ2n) is 6.91. The fourth-order valence-corrected chi connectivity index (χ4v) is 3.43. The maximum atomic E-state index is 12.8. The fourth-order valence-electron chi connectivity index (χ4n) is 3.43. The van der Waals surface area contributed by atoms with E-state index < -0.39 is 17.8 Å². The summed E-state index contributed by atoms with van der Waals surface area (Å²) in [7, 11) is 2.70. The van der Waals surface area contributed by atoms with Crippen molar-refractivity contribution in [2.75, 3.05) is 31.0 Å². The number of hydrogen-bond acceptors (Lipinski definition) is 7. The van der Waals surface area contributed by atoms with E-state index in [2.05, 4.69) is 10.1 Å². The molecule has 1 saturated heterocycles. The maximum absolute atomic E-state index is 12.8. The van der Waals surface area contributed by atoms with Crippen molar-refractivity contribution < 1.29 is 28.3 Å². The molecule has 9 nitrogen and oxygen atoms in total. The SMILES string of the molecule is COC(=O)c1c(C)oc(NC(=O)C2CC(=O)N(c3cc(C)ccc3OC)C2)c1C#N. The first-order valence-electron chi connectivity index (χ1n) is 9.18. The van der Waals surface area contributed by atoms with E-state index in [9.17, 15) is 19.6 Å². The number of ether oxygens (including phenoxy) is 2. The lowest BCUT2D eigenvalue weighted by molar-refractivity contribution is -0.122. The summed E-state index contributed by atoms with van der Waals surface area (Å²) in [5, 5.41) is 11.9. The molecule has 156 valence electrons. The quantitative estimate of drug-likeness (QED) is 0.750. The highest BCUT2D eigenvalue weighted by Crippen LogP contribution is 2.35. The van der Waals surface area contributed by atoms with Crippen molar-refractivity contribution >= 4 is 29.4 Å². The summed E-state index contributed by atoms with van der Waals surface area (Å²) in [6.07, 6.45) is -0.00559. The van der Waals surface area contributed by atoms with Gasteiger partial charge < -0.3 is 18.8 Å². The molecule has 1 atom stereocenters. The van der Waals surface area contributed by atoms with Gasteiger partial charge in [0.2, 0.25) is 17.7 Å². The number of anilines is 2. The van der Waals surface area contributed by atoms with Crippen LogP contribution in [0.2, 0.25) is 0 Å². The number of methoxy groups -OCH3 is 2. The third-order valence-corrected chi connectivity index (χ3v) is 4.94. The summed E-state index contributed by atoms with van der Waals surface area (Å²) in [6, 6.07) is 7.32. The van der Waals surface area contributed by atoms with Crippen LogP contribution in [-0.2, 0) is 14.3 Å². The molecule has 1 aliphatic heterocycles. The van der Waals surface area contributed by atoms with E-state index >= 15 is 0 Å². The molecule has 3 rings (SSSR count). The smallest absolute Gasteiger partial charge is 0.342 e. The number of carbonyl (C=O) groups is 3. The number of furan rings is 1. The van der Waals surface area contributed by atoms with Crippen molar-refractivity contribution in [3.05, 3.63) is 40.6 Å². The highest BCUT2D eigenvalue weighted by molar-refractivity contribution is 6.05. The van der Waals surface area contributed by atoms with Gasteiger partial charge in [0.1, 0.15) is 28.7 Å². The highest BCUT2D eigenvalue weighted by Gasteiger charge is 2.37. The molecule has 1 aromatic heterocycles. The molecule has 2 aromatic rings. The van der Waals surface area contributed by atoms with E-state index in [0.717, 1.165) is 5.56 Å². The van der Waals surface area contributed by atoms with E-state index in [-0.39, 0.29) is 41.6 Å². The molecule has 1 N–H and O–H groups in total. The molecule has 2 amide bonds. The first kappa shape index (κ1) is 20.9. The van der Waals surface area contributed by atoms with Crippen LogP contribution in [0.5, 0.6) is 5.75 Å². The van der Waals surface area contributed by atoms with E-state index in [4.69, 9.17) is 9.15 Å². The molecular weight excluding hydrogens is 390 g/mol. The number of nitrogens with zero attached hydrogens (tertiary/aromatic N) is 2. The molecule has 1 unspecified atom stereocenters. The molecular formula is C21H21N3O6. The van der Waals surface area contributed by atoms with Gasteiger partial charge in [-0.25, -0.2) is 4.79 Å². The molecule has 0 aliphatic carbocycles. The van der Waals surface area contributed by atoms with Gasteiger partial charge in [-0.1, -0.05) is 6.07 Å². The number of benzene rings is 1. The Labute approximate surface area is 173 Å². The predicted octanol–water partition coefficient (Wildman–Crippen LogP) is 2.55. The average molecular weight is 411 g/mol. The van der Waals surface area contributed by atoms with Crippen molar-refractivity contribution in [1.82, 2.24) is 0 Å². The molecule has 0 saturated carbocycles. The number of nitrogens with one attached hydrogen (secondary N) is 1. The minimum atomic E-state index is -0.734. The summed E-state index contributed by atoms with van der Waals surface area (Å²) < 4.78 is 15.4. The Balaban J connectivity index is 1.82. The molecule has 0 radical (unpaired) electrons. The molecule has 2 heterocycles. The number of nitriles is 1. The number of hydrogen-bond donors (Lipinski definition) is 1. The van der Waals surface area contributed by atoms with Gasteiger partial charge in [-0.05, 0) is 31.5 Å². The number of aryl methyl sites for hydroxylation is 2. The fraction of sp³-hybridized carbons (Fsp3) is 0.333. The van der Waals surface area contributed by atoms with Crippen LogP contribution in [0.15, 0.2) is 22.6 Å². The molecule has 1 fully saturated rings. The average Bonchev–Trinajstić information content (AvgIpc) is 3.26. The zero-order valence-corrected chi connectivity index (χ0v) is 17.1. The van der Waals surface area contributed by atoms with Gasteiger partial charge in [-0.3, -0.25) is 14.9 Å². The van der Waals surface area contributed by atoms with Crippen molar-refractivity contribution in [2.24, 2.45) is 5.92 Å². The first-order valence-corrected chi connectivity index (χ1v) is 9.18. The Morgan fingerprint density at radius 3 is 2.67 bits per heavy atom. The Bertz CT molecular complexity index is 1070. The Kier molecular flexibility index (Phi) is 5.78. The van der Waals surface area contributed by atoms with Crippen LogP contribution in [0.1, 0.15) is 33.7 Å². The van der Waals surface area contributed by atoms with Crippen LogP contribution in [0.4, 0.5) is 11.6 Å². The first-order chi connectivity index (χ1) is 14.3. The lowest BCUT2D eigenvalue weighted by atomic mass is 10.1. The topological polar surface area (TPSA) is 122 Å². The third kappa shape index (κ3) is 3.72. The summed E-state index contributed by atoms with van der Waals surface area (Å²) >= 11 is 0. The second-order valence-corrected chi connectivity index (χ2v) is 6.91. The van der Waals surface area contributed by atoms with Crippen LogP contribution in [0, 0.1) is 31.1 Å². The number of rotatable bonds is 5. The van der Waals surface area contributed by atoms with Gasteiger partial charge in [-0.2, -0.15) is 5.26 Å². The normalized spacial score (nSPS) is 15.6. The molecule has 1 aromatic carbocycles. The van der Waals surface area contributed by atoms with Crippen LogP contribution in [0.3, 0.4) is 0 Å². The van der Waals surface area contributed by atoms with Crippen LogP contribution in [-0.4, -0.2) is 38.5 Å². The predicted molar refractivity (Wildman–Crippen MR) is 106 cm³/mol. The van der Waals surface area contributed by atoms with Gasteiger partial charge in [0, 0.05) is 13.0 Å². The minimum Gasteiger partial charge on any atom is -0.495 e. The van der Waals surface area contributed by atoms with Gasteiger partial charge >= 0.3 is 5.97 Å². The minimum absolute atomic E-state index is 0.00559. The second kappa shape index (κ2) is 8.29. The number of esters is 1. The van der Waals surface area contributed by atoms with Gasteiger partial charge in [0.05, 0.1) is 25.8 Å². The van der Waals surface area contributed by atoms with Crippen LogP contribution in [0.25, 0.3) is 0 Å². The van der Waals surface area contributed by atoms with Gasteiger partial charge in [0.25, 0.3) is 0 Å². The highest BCUT2D eigenvalue weighted by atomic mass is 16.5. The Morgan fingerprint density at radius 1 is 1.30 bits per heavy atom. The standard InChI is InChI=1S/C21H21N3O6/c1-11-5-6-16(28-3)15(7-11)24-10-13(8-17(24)25)19(26)23-20-14(9-22)18(12(2)30-20)21(27)29-4/h5-7,13H,8,10H2,1-4H3,(H,23,26). The summed E-state index contributed by atoms with van der Waals surface area (Å²) in [6.45, 7) is 3.54. The summed E-state index contributed by atoms with van der Waals surface area (Å²) in [4.78, 5) is 38.8. The number of carbonyl (C=O) groups excluding carboxylic acids is 3. The molecule has 1 aliphatic rings. The number of amides is 2. The van der Waals surface area contributed by atoms with E-state index in [1.807, 2.05) is 25.1 Å². The van der Waals surface area contributed by atoms with Crippen molar-refractivity contribution in [3.8, 4) is 11.8 Å². The molecule has 0 spiro atoms. The third-order valence-electron chi connectivity index (χ3n) is 4.94. The largest absolute Gasteiger partial charge is 0.495 e. The monoisotopic (exact) mass is 411 g/mol. The summed E-state index contributed by atoms with van der Waals surface area (Å²) in [5.41, 5.74) is 1.39. The molecule has 9 heteroatoms. The lowest BCUT2D eigenvalue weighted by Gasteiger charge is -2.20. The lowest BCUT2D eigenvalue weighted by Crippen LogP contribution is -2.28.